The van der Waals surface area contributed by atoms with Crippen molar-refractivity contribution in [1.82, 2.24) is 5.32 Å². The lowest BCUT2D eigenvalue weighted by Crippen LogP contribution is -2.29. The zero-order chi connectivity index (χ0) is 7.68. The minimum absolute atomic E-state index is 0.175. The number of carbonyl (C=O) groups is 1. The summed E-state index contributed by atoms with van der Waals surface area (Å²) in [5, 5.41) is 2.87. The molecule has 0 aromatic carbocycles. The molecule has 2 rings (SSSR count). The lowest BCUT2D eigenvalue weighted by atomic mass is 10.2. The number of carbonyl (C=O) groups excluding carboxylic acids is 1. The van der Waals surface area contributed by atoms with E-state index < -0.39 is 0 Å². The summed E-state index contributed by atoms with van der Waals surface area (Å²) < 4.78 is 5.47. The Morgan fingerprint density at radius 2 is 2.27 bits per heavy atom. The topological polar surface area (TPSA) is 38.3 Å². The van der Waals surface area contributed by atoms with Gasteiger partial charge < -0.3 is 10.1 Å². The number of hydrogen-bond acceptors (Lipinski definition) is 2. The maximum Gasteiger partial charge on any atom is 0.220 e. The molecule has 3 heteroatoms. The summed E-state index contributed by atoms with van der Waals surface area (Å²) in [4.78, 5) is 10.7. The summed E-state index contributed by atoms with van der Waals surface area (Å²) in [6.45, 7) is 0.719. The van der Waals surface area contributed by atoms with Gasteiger partial charge in [-0.3, -0.25) is 4.79 Å². The van der Waals surface area contributed by atoms with Crippen molar-refractivity contribution in [1.29, 1.82) is 0 Å². The third kappa shape index (κ3) is 1.93. The monoisotopic (exact) mass is 155 g/mol. The lowest BCUT2D eigenvalue weighted by Gasteiger charge is -2.08. The van der Waals surface area contributed by atoms with Gasteiger partial charge >= 0.3 is 0 Å². The van der Waals surface area contributed by atoms with Crippen LogP contribution in [0.5, 0.6) is 0 Å². The quantitative estimate of drug-likeness (QED) is 0.642. The second kappa shape index (κ2) is 2.81. The van der Waals surface area contributed by atoms with Crippen LogP contribution in [0.4, 0.5) is 0 Å². The molecule has 1 amide bonds. The minimum Gasteiger partial charge on any atom is -0.376 e. The van der Waals surface area contributed by atoms with Gasteiger partial charge in [0.05, 0.1) is 18.8 Å². The van der Waals surface area contributed by atoms with Gasteiger partial charge in [0.15, 0.2) is 0 Å². The Bertz CT molecular complexity index is 165. The Morgan fingerprint density at radius 3 is 2.82 bits per heavy atom. The first-order chi connectivity index (χ1) is 5.34. The first-order valence-electron chi connectivity index (χ1n) is 4.25. The highest BCUT2D eigenvalue weighted by molar-refractivity contribution is 5.78. The minimum atomic E-state index is 0.175. The highest BCUT2D eigenvalue weighted by Gasteiger charge is 2.26. The molecule has 1 saturated carbocycles. The Kier molecular flexibility index (Phi) is 1.82. The van der Waals surface area contributed by atoms with Crippen molar-refractivity contribution >= 4 is 5.91 Å². The first kappa shape index (κ1) is 7.10. The normalized spacial score (nSPS) is 30.5. The Hall–Kier alpha value is -0.570. The highest BCUT2D eigenvalue weighted by atomic mass is 16.5. The molecular weight excluding hydrogens is 142 g/mol. The molecule has 62 valence electrons. The second-order valence-corrected chi connectivity index (χ2v) is 3.34. The molecule has 2 fully saturated rings. The van der Waals surface area contributed by atoms with Crippen LogP contribution in [0.1, 0.15) is 25.7 Å². The number of amides is 1. The van der Waals surface area contributed by atoms with Crippen LogP contribution in [0.2, 0.25) is 0 Å². The third-order valence-corrected chi connectivity index (χ3v) is 2.14. The fourth-order valence-electron chi connectivity index (χ4n) is 1.29. The number of hydrogen-bond donors (Lipinski definition) is 1. The molecule has 1 heterocycles. The lowest BCUT2D eigenvalue weighted by molar-refractivity contribution is -0.119. The molecule has 1 aliphatic carbocycles. The number of nitrogens with one attached hydrogen (secondary N) is 1. The maximum atomic E-state index is 10.7. The van der Waals surface area contributed by atoms with Gasteiger partial charge in [0.2, 0.25) is 5.91 Å². The largest absolute Gasteiger partial charge is 0.376 e. The van der Waals surface area contributed by atoms with Crippen LogP contribution >= 0.6 is 0 Å². The first-order valence-corrected chi connectivity index (χ1v) is 4.25. The summed E-state index contributed by atoms with van der Waals surface area (Å²) in [5.74, 6) is 0.175. The van der Waals surface area contributed by atoms with Crippen molar-refractivity contribution in [3.8, 4) is 0 Å². The fraction of sp³-hybridized carbons (Fsp3) is 0.875. The number of rotatable bonds is 3. The molecule has 0 bridgehead atoms. The second-order valence-electron chi connectivity index (χ2n) is 3.34. The summed E-state index contributed by atoms with van der Waals surface area (Å²) >= 11 is 0. The molecule has 1 unspecified atom stereocenters. The molecule has 3 nitrogen and oxygen atoms in total. The summed E-state index contributed by atoms with van der Waals surface area (Å²) in [6, 6.07) is 0.295. The van der Waals surface area contributed by atoms with Gasteiger partial charge in [-0.15, -0.1) is 0 Å². The predicted molar refractivity (Wildman–Crippen MR) is 40.1 cm³/mol. The molecule has 0 aromatic heterocycles. The van der Waals surface area contributed by atoms with Crippen LogP contribution in [0.25, 0.3) is 0 Å². The van der Waals surface area contributed by atoms with Crippen LogP contribution in [-0.2, 0) is 9.53 Å². The standard InChI is InChI=1S/C8H13NO2/c10-8-4-1-6(9-8)5-11-7-2-3-7/h6-7H,1-5H2,(H,9,10). The zero-order valence-electron chi connectivity index (χ0n) is 6.51. The molecule has 1 atom stereocenters. The molecule has 2 aliphatic rings. The van der Waals surface area contributed by atoms with Crippen LogP contribution < -0.4 is 5.32 Å². The molecule has 0 aromatic rings. The molecule has 0 spiro atoms. The van der Waals surface area contributed by atoms with E-state index in [-0.39, 0.29) is 5.91 Å². The number of ether oxygens (including phenoxy) is 1. The fourth-order valence-corrected chi connectivity index (χ4v) is 1.29. The van der Waals surface area contributed by atoms with E-state index in [4.69, 9.17) is 4.74 Å². The van der Waals surface area contributed by atoms with E-state index in [1.54, 1.807) is 0 Å². The van der Waals surface area contributed by atoms with E-state index in [9.17, 15) is 4.79 Å². The predicted octanol–water partition coefficient (Wildman–Crippen LogP) is 0.444. The van der Waals surface area contributed by atoms with Crippen molar-refractivity contribution < 1.29 is 9.53 Å². The average Bonchev–Trinajstić information content (AvgIpc) is 2.72. The van der Waals surface area contributed by atoms with E-state index in [1.165, 1.54) is 12.8 Å². The molecule has 1 N–H and O–H groups in total. The molecule has 1 saturated heterocycles. The van der Waals surface area contributed by atoms with Gasteiger partial charge in [0.1, 0.15) is 0 Å². The molecule has 11 heavy (non-hydrogen) atoms. The highest BCUT2D eigenvalue weighted by Crippen LogP contribution is 2.24. The van der Waals surface area contributed by atoms with Crippen LogP contribution in [0.3, 0.4) is 0 Å². The summed E-state index contributed by atoms with van der Waals surface area (Å²) in [5.41, 5.74) is 0. The molecule has 1 aliphatic heterocycles. The summed E-state index contributed by atoms with van der Waals surface area (Å²) in [6.07, 6.45) is 4.55. The van der Waals surface area contributed by atoms with Gasteiger partial charge in [0.25, 0.3) is 0 Å². The summed E-state index contributed by atoms with van der Waals surface area (Å²) in [7, 11) is 0. The van der Waals surface area contributed by atoms with Gasteiger partial charge in [-0.1, -0.05) is 0 Å². The van der Waals surface area contributed by atoms with Gasteiger partial charge in [-0.2, -0.15) is 0 Å². The van der Waals surface area contributed by atoms with E-state index in [0.29, 0.717) is 18.6 Å². The zero-order valence-corrected chi connectivity index (χ0v) is 6.51. The van der Waals surface area contributed by atoms with E-state index in [1.807, 2.05) is 0 Å². The van der Waals surface area contributed by atoms with Crippen molar-refractivity contribution in [3.05, 3.63) is 0 Å². The molecule has 0 radical (unpaired) electrons. The Balaban J connectivity index is 1.65. The van der Waals surface area contributed by atoms with E-state index in [0.717, 1.165) is 13.0 Å². The van der Waals surface area contributed by atoms with Crippen molar-refractivity contribution in [3.63, 3.8) is 0 Å². The van der Waals surface area contributed by atoms with E-state index in [2.05, 4.69) is 5.32 Å². The third-order valence-electron chi connectivity index (χ3n) is 2.14. The van der Waals surface area contributed by atoms with Crippen LogP contribution in [-0.4, -0.2) is 24.7 Å². The molecular formula is C8H13NO2. The Labute approximate surface area is 66.1 Å². The van der Waals surface area contributed by atoms with Crippen molar-refractivity contribution in [2.24, 2.45) is 0 Å². The van der Waals surface area contributed by atoms with Gasteiger partial charge in [-0.25, -0.2) is 0 Å². The SMILES string of the molecule is O=C1CCC(COC2CC2)N1. The van der Waals surface area contributed by atoms with Crippen LogP contribution in [0, 0.1) is 0 Å². The van der Waals surface area contributed by atoms with Crippen LogP contribution in [0.15, 0.2) is 0 Å². The maximum absolute atomic E-state index is 10.7. The van der Waals surface area contributed by atoms with E-state index >= 15 is 0 Å². The van der Waals surface area contributed by atoms with Crippen molar-refractivity contribution in [2.45, 2.75) is 37.8 Å². The average molecular weight is 155 g/mol. The van der Waals surface area contributed by atoms with Gasteiger partial charge in [-0.05, 0) is 19.3 Å². The Morgan fingerprint density at radius 1 is 1.45 bits per heavy atom. The smallest absolute Gasteiger partial charge is 0.220 e. The van der Waals surface area contributed by atoms with Gasteiger partial charge in [0, 0.05) is 6.42 Å². The van der Waals surface area contributed by atoms with Crippen molar-refractivity contribution in [2.75, 3.05) is 6.61 Å².